The van der Waals surface area contributed by atoms with Crippen LogP contribution < -0.4 is 14.8 Å². The topological polar surface area (TPSA) is 159 Å². The molecule has 54 heavy (non-hydrogen) atoms. The van der Waals surface area contributed by atoms with Gasteiger partial charge in [-0.3, -0.25) is 14.3 Å². The molecule has 0 bridgehead atoms. The Hall–Kier alpha value is -5.90. The standard InChI is InChI=1S/C41H39ClN6O5S/c1-24-18-31(19-25(2)37(24)42)53-17-9-16-34-33-14-8-15-35(36-26(3)46-48(5)27(36)4)38(33)45-39(34)41(50)44-23-29-11-6-12-30(20-29)40(49)47-54(51,52)32-13-7-10-28(21-32)22-43/h6-8,10-15,18-21,45H,9,16-17,23H2,1-5H3,(H,44,50)(H,47,49). The van der Waals surface area contributed by atoms with Gasteiger partial charge in [-0.05, 0) is 105 Å². The molecule has 2 amide bonds. The number of sulfonamides is 1. The van der Waals surface area contributed by atoms with E-state index in [4.69, 9.17) is 21.6 Å². The number of aryl methyl sites for hydroxylation is 5. The number of nitrogens with zero attached hydrogens (tertiary/aromatic N) is 3. The van der Waals surface area contributed by atoms with Crippen LogP contribution in [0.3, 0.4) is 0 Å². The van der Waals surface area contributed by atoms with E-state index >= 15 is 0 Å². The maximum atomic E-state index is 14.0. The van der Waals surface area contributed by atoms with Crippen LogP contribution in [0.2, 0.25) is 5.02 Å². The van der Waals surface area contributed by atoms with E-state index in [1.165, 1.54) is 36.4 Å². The Morgan fingerprint density at radius 2 is 1.69 bits per heavy atom. The molecular weight excluding hydrogens is 724 g/mol. The molecule has 2 aromatic heterocycles. The van der Waals surface area contributed by atoms with Crippen LogP contribution in [0.25, 0.3) is 22.0 Å². The largest absolute Gasteiger partial charge is 0.494 e. The number of aromatic amines is 1. The van der Waals surface area contributed by atoms with E-state index in [0.29, 0.717) is 35.7 Å². The van der Waals surface area contributed by atoms with E-state index in [1.54, 1.807) is 12.1 Å². The summed E-state index contributed by atoms with van der Waals surface area (Å²) in [5, 5.41) is 18.4. The summed E-state index contributed by atoms with van der Waals surface area (Å²) in [5.74, 6) is -0.452. The first-order chi connectivity index (χ1) is 25.8. The van der Waals surface area contributed by atoms with Crippen molar-refractivity contribution in [1.82, 2.24) is 24.8 Å². The number of nitriles is 1. The first-order valence-corrected chi connectivity index (χ1v) is 19.1. The number of rotatable bonds is 12. The maximum absolute atomic E-state index is 14.0. The molecule has 0 spiro atoms. The monoisotopic (exact) mass is 762 g/mol. The van der Waals surface area contributed by atoms with Gasteiger partial charge >= 0.3 is 0 Å². The number of halogens is 1. The summed E-state index contributed by atoms with van der Waals surface area (Å²) >= 11 is 6.35. The third-order valence-corrected chi connectivity index (χ3v) is 11.3. The van der Waals surface area contributed by atoms with Crippen molar-refractivity contribution in [2.24, 2.45) is 7.05 Å². The summed E-state index contributed by atoms with van der Waals surface area (Å²) in [6.07, 6.45) is 1.17. The number of carbonyl (C=O) groups excluding carboxylic acids is 2. The fraction of sp³-hybridized carbons (Fsp3) is 0.220. The predicted molar refractivity (Wildman–Crippen MR) is 208 cm³/mol. The second-order valence-electron chi connectivity index (χ2n) is 13.2. The van der Waals surface area contributed by atoms with E-state index in [9.17, 15) is 18.0 Å². The summed E-state index contributed by atoms with van der Waals surface area (Å²) in [6, 6.07) is 23.5. The van der Waals surface area contributed by atoms with Crippen molar-refractivity contribution >= 4 is 44.3 Å². The highest BCUT2D eigenvalue weighted by Gasteiger charge is 2.23. The highest BCUT2D eigenvalue weighted by molar-refractivity contribution is 7.90. The Labute approximate surface area is 319 Å². The molecule has 0 radical (unpaired) electrons. The van der Waals surface area contributed by atoms with Crippen molar-refractivity contribution in [2.75, 3.05) is 6.61 Å². The molecule has 13 heteroatoms. The van der Waals surface area contributed by atoms with Crippen LogP contribution in [0.1, 0.15) is 66.5 Å². The molecule has 4 aromatic carbocycles. The number of fused-ring (bicyclic) bond motifs is 1. The Morgan fingerprint density at radius 1 is 0.963 bits per heavy atom. The summed E-state index contributed by atoms with van der Waals surface area (Å²) in [6.45, 7) is 8.35. The van der Waals surface area contributed by atoms with Gasteiger partial charge in [0.1, 0.15) is 11.4 Å². The SMILES string of the molecule is Cc1cc(OCCCc2c(C(=O)NCc3cccc(C(=O)NS(=O)(=O)c4cccc(C#N)c4)c3)[nH]c3c(-c4c(C)nn(C)c4C)cccc23)cc(C)c1Cl. The van der Waals surface area contributed by atoms with Crippen LogP contribution in [0, 0.1) is 39.0 Å². The zero-order valence-corrected chi connectivity index (χ0v) is 32.1. The smallest absolute Gasteiger partial charge is 0.268 e. The minimum Gasteiger partial charge on any atom is -0.494 e. The van der Waals surface area contributed by atoms with Crippen molar-refractivity contribution in [2.45, 2.75) is 52.0 Å². The summed E-state index contributed by atoms with van der Waals surface area (Å²) < 4.78 is 35.8. The molecule has 11 nitrogen and oxygen atoms in total. The second kappa shape index (κ2) is 15.6. The molecule has 0 aliphatic carbocycles. The van der Waals surface area contributed by atoms with Crippen LogP contribution >= 0.6 is 11.6 Å². The number of benzene rings is 4. The number of carbonyl (C=O) groups is 2. The molecule has 0 fully saturated rings. The van der Waals surface area contributed by atoms with Crippen molar-refractivity contribution in [3.63, 3.8) is 0 Å². The molecule has 0 saturated carbocycles. The molecule has 0 aliphatic heterocycles. The van der Waals surface area contributed by atoms with Gasteiger partial charge < -0.3 is 15.0 Å². The predicted octanol–water partition coefficient (Wildman–Crippen LogP) is 7.39. The van der Waals surface area contributed by atoms with Crippen LogP contribution in [0.5, 0.6) is 5.75 Å². The number of amides is 2. The van der Waals surface area contributed by atoms with Gasteiger partial charge in [0.25, 0.3) is 21.8 Å². The van der Waals surface area contributed by atoms with Crippen LogP contribution in [-0.4, -0.2) is 41.6 Å². The minimum atomic E-state index is -4.24. The number of hydrogen-bond donors (Lipinski definition) is 3. The van der Waals surface area contributed by atoms with Crippen LogP contribution in [0.15, 0.2) is 83.8 Å². The van der Waals surface area contributed by atoms with Gasteiger partial charge in [-0.15, -0.1) is 0 Å². The normalized spacial score (nSPS) is 11.4. The Balaban J connectivity index is 1.24. The van der Waals surface area contributed by atoms with Crippen molar-refractivity contribution in [3.8, 4) is 22.9 Å². The molecule has 6 rings (SSSR count). The molecule has 0 unspecified atom stereocenters. The Kier molecular flexibility index (Phi) is 10.9. The highest BCUT2D eigenvalue weighted by Crippen LogP contribution is 2.36. The number of H-pyrrole nitrogens is 1. The van der Waals surface area contributed by atoms with E-state index in [2.05, 4.69) is 20.1 Å². The third-order valence-electron chi connectivity index (χ3n) is 9.34. The van der Waals surface area contributed by atoms with Crippen molar-refractivity contribution in [1.29, 1.82) is 5.26 Å². The molecular formula is C41H39ClN6O5S. The van der Waals surface area contributed by atoms with Gasteiger partial charge in [0, 0.05) is 46.4 Å². The molecule has 2 heterocycles. The molecule has 276 valence electrons. The van der Waals surface area contributed by atoms with Gasteiger partial charge in [0.05, 0.1) is 34.3 Å². The number of aromatic nitrogens is 3. The fourth-order valence-corrected chi connectivity index (χ4v) is 7.72. The highest BCUT2D eigenvalue weighted by atomic mass is 35.5. The Bertz CT molecular complexity index is 2560. The van der Waals surface area contributed by atoms with Gasteiger partial charge in [-0.1, -0.05) is 48.0 Å². The van der Waals surface area contributed by atoms with Gasteiger partial charge in [0.2, 0.25) is 0 Å². The first kappa shape index (κ1) is 37.8. The van der Waals surface area contributed by atoms with E-state index < -0.39 is 15.9 Å². The van der Waals surface area contributed by atoms with Crippen molar-refractivity contribution in [3.05, 3.63) is 134 Å². The van der Waals surface area contributed by atoms with Gasteiger partial charge in [0.15, 0.2) is 0 Å². The summed E-state index contributed by atoms with van der Waals surface area (Å²) in [5.41, 5.74) is 8.58. The molecule has 0 atom stereocenters. The first-order valence-electron chi connectivity index (χ1n) is 17.3. The minimum absolute atomic E-state index is 0.0672. The third kappa shape index (κ3) is 7.88. The number of hydrogen-bond acceptors (Lipinski definition) is 7. The van der Waals surface area contributed by atoms with Gasteiger partial charge in [-0.2, -0.15) is 10.4 Å². The maximum Gasteiger partial charge on any atom is 0.268 e. The molecule has 3 N–H and O–H groups in total. The zero-order valence-electron chi connectivity index (χ0n) is 30.5. The molecule has 0 aliphatic rings. The van der Waals surface area contributed by atoms with Crippen molar-refractivity contribution < 1.29 is 22.7 Å². The quantitative estimate of drug-likeness (QED) is 0.110. The average Bonchev–Trinajstić information content (AvgIpc) is 3.65. The Morgan fingerprint density at radius 3 is 2.39 bits per heavy atom. The zero-order chi connectivity index (χ0) is 38.7. The summed E-state index contributed by atoms with van der Waals surface area (Å²) in [4.78, 5) is 30.3. The van der Waals surface area contributed by atoms with Gasteiger partial charge in [-0.25, -0.2) is 13.1 Å². The number of para-hydroxylation sites is 1. The lowest BCUT2D eigenvalue weighted by Crippen LogP contribution is -2.30. The molecule has 6 aromatic rings. The second-order valence-corrected chi connectivity index (χ2v) is 15.2. The van der Waals surface area contributed by atoms with Crippen LogP contribution in [-0.2, 0) is 30.0 Å². The van der Waals surface area contributed by atoms with Crippen LogP contribution in [0.4, 0.5) is 0 Å². The van der Waals surface area contributed by atoms with E-state index in [0.717, 1.165) is 55.9 Å². The summed E-state index contributed by atoms with van der Waals surface area (Å²) in [7, 11) is -2.33. The van der Waals surface area contributed by atoms with E-state index in [-0.39, 0.29) is 28.5 Å². The lowest BCUT2D eigenvalue weighted by atomic mass is 9.98. The number of nitrogens with one attached hydrogen (secondary N) is 3. The molecule has 0 saturated heterocycles. The number of ether oxygens (including phenoxy) is 1. The van der Waals surface area contributed by atoms with E-state index in [1.807, 2.05) is 75.8 Å². The fourth-order valence-electron chi connectivity index (χ4n) is 6.59. The average molecular weight is 763 g/mol. The lowest BCUT2D eigenvalue weighted by molar-refractivity contribution is 0.0944. The lowest BCUT2D eigenvalue weighted by Gasteiger charge is -2.11.